The molecule has 0 atom stereocenters. The van der Waals surface area contributed by atoms with Gasteiger partial charge in [-0.3, -0.25) is 4.79 Å². The van der Waals surface area contributed by atoms with Gasteiger partial charge in [-0.05, 0) is 44.5 Å². The number of nitrogens with two attached hydrogens (primary N) is 1. The first-order chi connectivity index (χ1) is 8.08. The molecule has 0 unspecified atom stereocenters. The highest BCUT2D eigenvalue weighted by Gasteiger charge is 2.11. The Bertz CT molecular complexity index is 391. The Kier molecular flexibility index (Phi) is 4.82. The van der Waals surface area contributed by atoms with Crippen LogP contribution >= 0.6 is 0 Å². The van der Waals surface area contributed by atoms with Crippen molar-refractivity contribution in [2.45, 2.75) is 20.8 Å². The fourth-order valence-corrected chi connectivity index (χ4v) is 1.60. The number of rotatable bonds is 5. The van der Waals surface area contributed by atoms with Gasteiger partial charge in [0.05, 0.1) is 6.61 Å². The van der Waals surface area contributed by atoms with Gasteiger partial charge in [0.25, 0.3) is 0 Å². The predicted octanol–water partition coefficient (Wildman–Crippen LogP) is 1.97. The number of hydrogen-bond acceptors (Lipinski definition) is 4. The number of anilines is 2. The van der Waals surface area contributed by atoms with Crippen LogP contribution in [-0.4, -0.2) is 25.7 Å². The van der Waals surface area contributed by atoms with Gasteiger partial charge in [0, 0.05) is 17.9 Å². The zero-order chi connectivity index (χ0) is 12.8. The van der Waals surface area contributed by atoms with Crippen LogP contribution in [0.4, 0.5) is 11.4 Å². The first kappa shape index (κ1) is 13.4. The van der Waals surface area contributed by atoms with Crippen LogP contribution in [0.15, 0.2) is 18.2 Å². The lowest BCUT2D eigenvalue weighted by molar-refractivity contribution is -0.141. The van der Waals surface area contributed by atoms with Crippen molar-refractivity contribution in [3.63, 3.8) is 0 Å². The van der Waals surface area contributed by atoms with Crippen LogP contribution in [0.1, 0.15) is 19.4 Å². The number of likely N-dealkylation sites (N-methyl/N-ethyl adjacent to an activating group) is 1. The Balaban J connectivity index is 2.79. The summed E-state index contributed by atoms with van der Waals surface area (Å²) in [5.74, 6) is -0.205. The molecule has 0 heterocycles. The number of benzene rings is 1. The fourth-order valence-electron chi connectivity index (χ4n) is 1.60. The second kappa shape index (κ2) is 6.13. The van der Waals surface area contributed by atoms with Crippen molar-refractivity contribution >= 4 is 17.3 Å². The minimum atomic E-state index is -0.205. The van der Waals surface area contributed by atoms with E-state index in [-0.39, 0.29) is 12.5 Å². The van der Waals surface area contributed by atoms with Crippen molar-refractivity contribution in [1.29, 1.82) is 0 Å². The van der Waals surface area contributed by atoms with Gasteiger partial charge in [-0.2, -0.15) is 0 Å². The molecular weight excluding hydrogens is 216 g/mol. The molecule has 0 radical (unpaired) electrons. The fraction of sp³-hybridized carbons (Fsp3) is 0.462. The van der Waals surface area contributed by atoms with Gasteiger partial charge in [-0.25, -0.2) is 0 Å². The van der Waals surface area contributed by atoms with Gasteiger partial charge in [0.1, 0.15) is 6.54 Å². The maximum absolute atomic E-state index is 11.4. The number of aryl methyl sites for hydroxylation is 1. The number of hydrogen-bond donors (Lipinski definition) is 1. The van der Waals surface area contributed by atoms with E-state index in [2.05, 4.69) is 0 Å². The van der Waals surface area contributed by atoms with Crippen LogP contribution in [0.5, 0.6) is 0 Å². The normalized spacial score (nSPS) is 10.1. The quantitative estimate of drug-likeness (QED) is 0.627. The molecule has 0 aliphatic carbocycles. The van der Waals surface area contributed by atoms with Gasteiger partial charge < -0.3 is 15.4 Å². The summed E-state index contributed by atoms with van der Waals surface area (Å²) in [6.07, 6.45) is 0. The predicted molar refractivity (Wildman–Crippen MR) is 70.1 cm³/mol. The molecule has 0 aliphatic rings. The third-order valence-corrected chi connectivity index (χ3v) is 2.63. The van der Waals surface area contributed by atoms with Crippen LogP contribution in [0.2, 0.25) is 0 Å². The molecule has 17 heavy (non-hydrogen) atoms. The van der Waals surface area contributed by atoms with Crippen molar-refractivity contribution in [3.05, 3.63) is 23.8 Å². The standard InChI is InChI=1S/C13H20N2O2/c1-4-15(9-13(16)17-5-2)11-6-7-12(14)10(3)8-11/h6-8H,4-5,9,14H2,1-3H3. The maximum atomic E-state index is 11.4. The Hall–Kier alpha value is -1.71. The highest BCUT2D eigenvalue weighted by Crippen LogP contribution is 2.20. The summed E-state index contributed by atoms with van der Waals surface area (Å²) in [5, 5.41) is 0. The van der Waals surface area contributed by atoms with E-state index in [9.17, 15) is 4.79 Å². The average molecular weight is 236 g/mol. The van der Waals surface area contributed by atoms with Crippen molar-refractivity contribution < 1.29 is 9.53 Å². The molecule has 1 aromatic rings. The molecule has 4 heteroatoms. The van der Waals surface area contributed by atoms with Crippen LogP contribution in [0.3, 0.4) is 0 Å². The Morgan fingerprint density at radius 1 is 1.41 bits per heavy atom. The Morgan fingerprint density at radius 3 is 2.65 bits per heavy atom. The van der Waals surface area contributed by atoms with Gasteiger partial charge in [0.15, 0.2) is 0 Å². The Morgan fingerprint density at radius 2 is 2.12 bits per heavy atom. The summed E-state index contributed by atoms with van der Waals surface area (Å²) < 4.78 is 4.94. The number of nitrogen functional groups attached to an aromatic ring is 1. The van der Waals surface area contributed by atoms with Gasteiger partial charge in [-0.15, -0.1) is 0 Å². The molecule has 0 aromatic heterocycles. The van der Waals surface area contributed by atoms with E-state index in [1.54, 1.807) is 0 Å². The molecule has 0 amide bonds. The molecule has 0 bridgehead atoms. The van der Waals surface area contributed by atoms with Crippen molar-refractivity contribution in [3.8, 4) is 0 Å². The van der Waals surface area contributed by atoms with Gasteiger partial charge in [-0.1, -0.05) is 0 Å². The SMILES string of the molecule is CCOC(=O)CN(CC)c1ccc(N)c(C)c1. The van der Waals surface area contributed by atoms with Crippen LogP contribution < -0.4 is 10.6 Å². The lowest BCUT2D eigenvalue weighted by atomic mass is 10.1. The monoisotopic (exact) mass is 236 g/mol. The van der Waals surface area contributed by atoms with E-state index in [0.29, 0.717) is 6.61 Å². The van der Waals surface area contributed by atoms with E-state index in [0.717, 1.165) is 23.5 Å². The molecule has 0 aliphatic heterocycles. The van der Waals surface area contributed by atoms with E-state index in [1.165, 1.54) is 0 Å². The van der Waals surface area contributed by atoms with Crippen LogP contribution in [0.25, 0.3) is 0 Å². The topological polar surface area (TPSA) is 55.6 Å². The Labute approximate surface area is 102 Å². The second-order valence-electron chi connectivity index (χ2n) is 3.86. The lowest BCUT2D eigenvalue weighted by Crippen LogP contribution is -2.30. The van der Waals surface area contributed by atoms with E-state index in [4.69, 9.17) is 10.5 Å². The van der Waals surface area contributed by atoms with Crippen LogP contribution in [0, 0.1) is 6.92 Å². The minimum Gasteiger partial charge on any atom is -0.465 e. The van der Waals surface area contributed by atoms with Gasteiger partial charge in [0.2, 0.25) is 0 Å². The molecule has 0 spiro atoms. The minimum absolute atomic E-state index is 0.205. The third-order valence-electron chi connectivity index (χ3n) is 2.63. The second-order valence-corrected chi connectivity index (χ2v) is 3.86. The first-order valence-electron chi connectivity index (χ1n) is 5.85. The summed E-state index contributed by atoms with van der Waals surface area (Å²) in [4.78, 5) is 13.4. The largest absolute Gasteiger partial charge is 0.465 e. The number of ether oxygens (including phenoxy) is 1. The number of carbonyl (C=O) groups excluding carboxylic acids is 1. The van der Waals surface area contributed by atoms with Crippen molar-refractivity contribution in [2.24, 2.45) is 0 Å². The summed E-state index contributed by atoms with van der Waals surface area (Å²) in [6, 6.07) is 5.77. The zero-order valence-electron chi connectivity index (χ0n) is 10.7. The number of esters is 1. The molecule has 2 N–H and O–H groups in total. The zero-order valence-corrected chi connectivity index (χ0v) is 10.7. The highest BCUT2D eigenvalue weighted by molar-refractivity contribution is 5.76. The average Bonchev–Trinajstić information content (AvgIpc) is 2.30. The van der Waals surface area contributed by atoms with Crippen molar-refractivity contribution in [1.82, 2.24) is 0 Å². The summed E-state index contributed by atoms with van der Waals surface area (Å²) in [7, 11) is 0. The van der Waals surface area contributed by atoms with Crippen LogP contribution in [-0.2, 0) is 9.53 Å². The molecule has 0 saturated heterocycles. The first-order valence-corrected chi connectivity index (χ1v) is 5.85. The van der Waals surface area contributed by atoms with E-state index < -0.39 is 0 Å². The summed E-state index contributed by atoms with van der Waals surface area (Å²) in [6.45, 7) is 7.20. The number of nitrogens with zero attached hydrogens (tertiary/aromatic N) is 1. The summed E-state index contributed by atoms with van der Waals surface area (Å²) >= 11 is 0. The molecule has 1 aromatic carbocycles. The molecule has 94 valence electrons. The molecule has 1 rings (SSSR count). The maximum Gasteiger partial charge on any atom is 0.325 e. The molecule has 4 nitrogen and oxygen atoms in total. The molecular formula is C13H20N2O2. The number of carbonyl (C=O) groups is 1. The van der Waals surface area contributed by atoms with E-state index >= 15 is 0 Å². The lowest BCUT2D eigenvalue weighted by Gasteiger charge is -2.22. The third kappa shape index (κ3) is 3.66. The van der Waals surface area contributed by atoms with E-state index in [1.807, 2.05) is 43.9 Å². The smallest absolute Gasteiger partial charge is 0.325 e. The highest BCUT2D eigenvalue weighted by atomic mass is 16.5. The summed E-state index contributed by atoms with van der Waals surface area (Å²) in [5.41, 5.74) is 8.55. The van der Waals surface area contributed by atoms with Crippen molar-refractivity contribution in [2.75, 3.05) is 30.3 Å². The van der Waals surface area contributed by atoms with Gasteiger partial charge >= 0.3 is 5.97 Å². The molecule has 0 saturated carbocycles. The molecule has 0 fully saturated rings.